The number of nitrogen functional groups attached to an aromatic ring is 1. The van der Waals surface area contributed by atoms with Crippen LogP contribution in [-0.4, -0.2) is 9.91 Å². The Kier molecular flexibility index (Phi) is 4.49. The molecular formula is C12H11BrN4O3. The highest BCUT2D eigenvalue weighted by Gasteiger charge is 2.15. The molecule has 0 amide bonds. The topological polar surface area (TPSA) is 103 Å². The highest BCUT2D eigenvalue weighted by Crippen LogP contribution is 2.34. The fraction of sp³-hybridized carbons (Fsp3) is 0.0833. The van der Waals surface area contributed by atoms with Gasteiger partial charge in [0.15, 0.2) is 0 Å². The molecule has 3 N–H and O–H groups in total. The van der Waals surface area contributed by atoms with Gasteiger partial charge in [-0.15, -0.1) is 0 Å². The van der Waals surface area contributed by atoms with Crippen LogP contribution in [0.5, 0.6) is 5.75 Å². The number of hydrogen-bond donors (Lipinski definition) is 2. The van der Waals surface area contributed by atoms with E-state index in [1.807, 2.05) is 0 Å². The molecule has 104 valence electrons. The Morgan fingerprint density at radius 2 is 2.10 bits per heavy atom. The maximum absolute atomic E-state index is 10.8. The van der Waals surface area contributed by atoms with Gasteiger partial charge in [-0.05, 0) is 34.1 Å². The molecule has 2 aromatic rings. The van der Waals surface area contributed by atoms with Crippen LogP contribution in [0.25, 0.3) is 0 Å². The minimum absolute atomic E-state index is 0.0483. The molecular weight excluding hydrogens is 328 g/mol. The molecule has 8 heteroatoms. The van der Waals surface area contributed by atoms with Crippen molar-refractivity contribution >= 4 is 27.4 Å². The Hall–Kier alpha value is -2.19. The molecule has 0 aliphatic heterocycles. The zero-order valence-corrected chi connectivity index (χ0v) is 11.8. The van der Waals surface area contributed by atoms with Gasteiger partial charge in [0.25, 0.3) is 5.69 Å². The van der Waals surface area contributed by atoms with E-state index >= 15 is 0 Å². The molecule has 0 fully saturated rings. The number of anilines is 1. The standard InChI is InChI=1S/C12H11BrN4O3/c13-12-9(17(18)19)4-2-5-10(12)20-7-8-3-1-6-11(15-8)16-14/h1-6H,7,14H2,(H,15,16). The van der Waals surface area contributed by atoms with Gasteiger partial charge in [-0.2, -0.15) is 0 Å². The minimum atomic E-state index is -0.478. The van der Waals surface area contributed by atoms with Gasteiger partial charge in [0.05, 0.1) is 10.6 Å². The van der Waals surface area contributed by atoms with Crippen LogP contribution < -0.4 is 16.0 Å². The first kappa shape index (κ1) is 14.2. The molecule has 1 heterocycles. The van der Waals surface area contributed by atoms with Crippen molar-refractivity contribution in [3.8, 4) is 5.75 Å². The molecule has 1 aromatic carbocycles. The molecule has 0 unspecified atom stereocenters. The second kappa shape index (κ2) is 6.31. The summed E-state index contributed by atoms with van der Waals surface area (Å²) in [4.78, 5) is 14.5. The van der Waals surface area contributed by atoms with E-state index in [4.69, 9.17) is 10.6 Å². The molecule has 0 spiro atoms. The maximum Gasteiger partial charge on any atom is 0.287 e. The maximum atomic E-state index is 10.8. The molecule has 0 aliphatic carbocycles. The van der Waals surface area contributed by atoms with Crippen molar-refractivity contribution in [2.24, 2.45) is 5.84 Å². The lowest BCUT2D eigenvalue weighted by molar-refractivity contribution is -0.385. The third kappa shape index (κ3) is 3.22. The number of nitrogens with one attached hydrogen (secondary N) is 1. The number of aromatic nitrogens is 1. The summed E-state index contributed by atoms with van der Waals surface area (Å²) in [6, 6.07) is 9.86. The Labute approximate surface area is 123 Å². The second-order valence-electron chi connectivity index (χ2n) is 3.79. The van der Waals surface area contributed by atoms with E-state index in [9.17, 15) is 10.1 Å². The second-order valence-corrected chi connectivity index (χ2v) is 4.59. The van der Waals surface area contributed by atoms with Crippen LogP contribution in [0.3, 0.4) is 0 Å². The SMILES string of the molecule is NNc1cccc(COc2cccc([N+](=O)[O-])c2Br)n1. The number of halogens is 1. The highest BCUT2D eigenvalue weighted by molar-refractivity contribution is 9.10. The molecule has 0 saturated heterocycles. The quantitative estimate of drug-likeness (QED) is 0.493. The lowest BCUT2D eigenvalue weighted by Gasteiger charge is -2.08. The summed E-state index contributed by atoms with van der Waals surface area (Å²) in [5.41, 5.74) is 3.04. The molecule has 20 heavy (non-hydrogen) atoms. The monoisotopic (exact) mass is 338 g/mol. The first-order valence-electron chi connectivity index (χ1n) is 5.60. The van der Waals surface area contributed by atoms with Crippen LogP contribution in [0.1, 0.15) is 5.69 Å². The number of ether oxygens (including phenoxy) is 1. The normalized spacial score (nSPS) is 10.1. The summed E-state index contributed by atoms with van der Waals surface area (Å²) in [7, 11) is 0. The number of nitro benzene ring substituents is 1. The first-order chi connectivity index (χ1) is 9.61. The average molecular weight is 339 g/mol. The van der Waals surface area contributed by atoms with E-state index in [1.165, 1.54) is 6.07 Å². The molecule has 7 nitrogen and oxygen atoms in total. The third-order valence-corrected chi connectivity index (χ3v) is 3.27. The number of pyridine rings is 1. The number of rotatable bonds is 5. The van der Waals surface area contributed by atoms with Gasteiger partial charge in [-0.3, -0.25) is 10.1 Å². The van der Waals surface area contributed by atoms with Crippen molar-refractivity contribution in [1.29, 1.82) is 0 Å². The van der Waals surface area contributed by atoms with Crippen molar-refractivity contribution < 1.29 is 9.66 Å². The summed E-state index contributed by atoms with van der Waals surface area (Å²) in [5.74, 6) is 6.17. The minimum Gasteiger partial charge on any atom is -0.486 e. The highest BCUT2D eigenvalue weighted by atomic mass is 79.9. The predicted octanol–water partition coefficient (Wildman–Crippen LogP) is 2.62. The molecule has 0 atom stereocenters. The molecule has 1 aromatic heterocycles. The fourth-order valence-electron chi connectivity index (χ4n) is 1.54. The molecule has 0 radical (unpaired) electrons. The zero-order valence-electron chi connectivity index (χ0n) is 10.2. The van der Waals surface area contributed by atoms with Gasteiger partial charge in [0, 0.05) is 6.07 Å². The smallest absolute Gasteiger partial charge is 0.287 e. The summed E-state index contributed by atoms with van der Waals surface area (Å²) in [6.45, 7) is 0.176. The number of nitrogens with zero attached hydrogens (tertiary/aromatic N) is 2. The van der Waals surface area contributed by atoms with Crippen LogP contribution in [0, 0.1) is 10.1 Å². The van der Waals surface area contributed by atoms with Gasteiger partial charge >= 0.3 is 0 Å². The summed E-state index contributed by atoms with van der Waals surface area (Å²) >= 11 is 3.16. The van der Waals surface area contributed by atoms with Crippen LogP contribution >= 0.6 is 15.9 Å². The van der Waals surface area contributed by atoms with E-state index in [2.05, 4.69) is 26.3 Å². The number of hydrazine groups is 1. The van der Waals surface area contributed by atoms with E-state index in [0.29, 0.717) is 21.7 Å². The summed E-state index contributed by atoms with van der Waals surface area (Å²) in [6.07, 6.45) is 0. The van der Waals surface area contributed by atoms with Crippen molar-refractivity contribution in [2.75, 3.05) is 5.43 Å². The van der Waals surface area contributed by atoms with E-state index in [0.717, 1.165) is 0 Å². The summed E-state index contributed by atoms with van der Waals surface area (Å²) < 4.78 is 5.83. The number of benzene rings is 1. The van der Waals surface area contributed by atoms with Crippen LogP contribution in [0.2, 0.25) is 0 Å². The van der Waals surface area contributed by atoms with E-state index < -0.39 is 4.92 Å². The molecule has 0 saturated carbocycles. The number of nitro groups is 1. The Bertz CT molecular complexity index is 636. The van der Waals surface area contributed by atoms with E-state index in [-0.39, 0.29) is 12.3 Å². The summed E-state index contributed by atoms with van der Waals surface area (Å²) in [5, 5.41) is 10.8. The number of nitrogens with two attached hydrogens (primary N) is 1. The molecule has 0 aliphatic rings. The Balaban J connectivity index is 2.14. The van der Waals surface area contributed by atoms with Gasteiger partial charge < -0.3 is 10.2 Å². The Morgan fingerprint density at radius 1 is 1.35 bits per heavy atom. The fourth-order valence-corrected chi connectivity index (χ4v) is 2.07. The average Bonchev–Trinajstić information content (AvgIpc) is 2.46. The van der Waals surface area contributed by atoms with Crippen molar-refractivity contribution in [2.45, 2.75) is 6.61 Å². The first-order valence-corrected chi connectivity index (χ1v) is 6.39. The lowest BCUT2D eigenvalue weighted by Crippen LogP contribution is -2.09. The van der Waals surface area contributed by atoms with E-state index in [1.54, 1.807) is 30.3 Å². The third-order valence-electron chi connectivity index (χ3n) is 2.47. The largest absolute Gasteiger partial charge is 0.486 e. The van der Waals surface area contributed by atoms with Gasteiger partial charge in [0.2, 0.25) is 0 Å². The van der Waals surface area contributed by atoms with Crippen molar-refractivity contribution in [3.05, 3.63) is 56.7 Å². The Morgan fingerprint density at radius 3 is 2.80 bits per heavy atom. The van der Waals surface area contributed by atoms with Crippen LogP contribution in [0.4, 0.5) is 11.5 Å². The van der Waals surface area contributed by atoms with Gasteiger partial charge in [-0.1, -0.05) is 12.1 Å². The van der Waals surface area contributed by atoms with Gasteiger partial charge in [0.1, 0.15) is 22.6 Å². The van der Waals surface area contributed by atoms with Crippen molar-refractivity contribution in [1.82, 2.24) is 4.98 Å². The molecule has 2 rings (SSSR count). The van der Waals surface area contributed by atoms with Gasteiger partial charge in [-0.25, -0.2) is 10.8 Å². The van der Waals surface area contributed by atoms with Crippen molar-refractivity contribution in [3.63, 3.8) is 0 Å². The molecule has 0 bridgehead atoms. The predicted molar refractivity (Wildman–Crippen MR) is 77.2 cm³/mol. The van der Waals surface area contributed by atoms with Crippen LogP contribution in [0.15, 0.2) is 40.9 Å². The van der Waals surface area contributed by atoms with Crippen LogP contribution in [-0.2, 0) is 6.61 Å². The number of hydrogen-bond acceptors (Lipinski definition) is 6. The zero-order chi connectivity index (χ0) is 14.5. The lowest BCUT2D eigenvalue weighted by atomic mass is 10.3.